The van der Waals surface area contributed by atoms with Gasteiger partial charge in [0.1, 0.15) is 0 Å². The lowest BCUT2D eigenvalue weighted by molar-refractivity contribution is 0.0931. The maximum Gasteiger partial charge on any atom is 0.319 e. The zero-order valence-electron chi connectivity index (χ0n) is 15.8. The van der Waals surface area contributed by atoms with Crippen molar-refractivity contribution in [2.45, 2.75) is 57.9 Å². The van der Waals surface area contributed by atoms with Crippen LogP contribution in [0.3, 0.4) is 0 Å². The van der Waals surface area contributed by atoms with Gasteiger partial charge in [-0.1, -0.05) is 44.7 Å². The number of benzene rings is 1. The topological polar surface area (TPSA) is 82.3 Å². The minimum Gasteiger partial charge on any atom is -0.348 e. The number of unbranched alkanes of at least 4 members (excludes halogenated alkanes) is 4. The highest BCUT2D eigenvalue weighted by Crippen LogP contribution is 2.15. The Kier molecular flexibility index (Phi) is 8.96. The van der Waals surface area contributed by atoms with Gasteiger partial charge < -0.3 is 21.3 Å². The molecule has 1 aromatic rings. The van der Waals surface area contributed by atoms with Crippen LogP contribution in [0.5, 0.6) is 0 Å². The van der Waals surface area contributed by atoms with Crippen LogP contribution in [0.15, 0.2) is 24.3 Å². The van der Waals surface area contributed by atoms with Gasteiger partial charge in [-0.3, -0.25) is 4.79 Å². The minimum atomic E-state index is -0.264. The Morgan fingerprint density at radius 3 is 2.73 bits per heavy atom. The lowest BCUT2D eigenvalue weighted by Gasteiger charge is -2.24. The summed E-state index contributed by atoms with van der Waals surface area (Å²) < 4.78 is 0. The molecule has 6 nitrogen and oxygen atoms in total. The third kappa shape index (κ3) is 7.04. The molecule has 0 aliphatic carbocycles. The van der Waals surface area contributed by atoms with E-state index in [1.807, 2.05) is 12.1 Å². The van der Waals surface area contributed by atoms with Gasteiger partial charge in [0.05, 0.1) is 11.3 Å². The number of hydrogen-bond donors (Lipinski definition) is 4. The molecule has 4 N–H and O–H groups in total. The molecule has 1 aliphatic rings. The second-order valence-electron chi connectivity index (χ2n) is 6.86. The van der Waals surface area contributed by atoms with Gasteiger partial charge in [0.15, 0.2) is 0 Å². The number of amides is 3. The van der Waals surface area contributed by atoms with Crippen molar-refractivity contribution in [3.63, 3.8) is 0 Å². The molecule has 0 aromatic heterocycles. The molecule has 1 unspecified atom stereocenters. The smallest absolute Gasteiger partial charge is 0.319 e. The minimum absolute atomic E-state index is 0.140. The number of para-hydroxylation sites is 1. The molecule has 6 heteroatoms. The number of anilines is 1. The number of nitrogens with one attached hydrogen (secondary N) is 4. The molecule has 0 bridgehead atoms. The average molecular weight is 361 g/mol. The van der Waals surface area contributed by atoms with E-state index in [1.54, 1.807) is 12.1 Å². The van der Waals surface area contributed by atoms with Crippen molar-refractivity contribution < 1.29 is 9.59 Å². The molecule has 0 radical (unpaired) electrons. The van der Waals surface area contributed by atoms with Crippen molar-refractivity contribution in [2.75, 3.05) is 25.0 Å². The Bertz CT molecular complexity index is 571. The van der Waals surface area contributed by atoms with Gasteiger partial charge in [-0.25, -0.2) is 4.79 Å². The van der Waals surface area contributed by atoms with Crippen molar-refractivity contribution in [1.29, 1.82) is 0 Å². The molecule has 3 amide bonds. The van der Waals surface area contributed by atoms with Crippen LogP contribution in [0, 0.1) is 0 Å². The van der Waals surface area contributed by atoms with E-state index in [9.17, 15) is 9.59 Å². The highest BCUT2D eigenvalue weighted by molar-refractivity contribution is 6.03. The van der Waals surface area contributed by atoms with E-state index >= 15 is 0 Å². The monoisotopic (exact) mass is 360 g/mol. The fourth-order valence-corrected chi connectivity index (χ4v) is 3.13. The summed E-state index contributed by atoms with van der Waals surface area (Å²) in [6, 6.07) is 7.01. The molecule has 1 fully saturated rings. The number of hydrogen-bond acceptors (Lipinski definition) is 3. The van der Waals surface area contributed by atoms with E-state index in [4.69, 9.17) is 0 Å². The van der Waals surface area contributed by atoms with Gasteiger partial charge in [-0.15, -0.1) is 0 Å². The molecule has 144 valence electrons. The Morgan fingerprint density at radius 1 is 1.15 bits per heavy atom. The predicted octanol–water partition coefficient (Wildman–Crippen LogP) is 3.26. The molecule has 1 heterocycles. The summed E-state index contributed by atoms with van der Waals surface area (Å²) in [5.41, 5.74) is 1.04. The van der Waals surface area contributed by atoms with Crippen LogP contribution in [-0.2, 0) is 0 Å². The summed E-state index contributed by atoms with van der Waals surface area (Å²) in [7, 11) is 0. The molecule has 1 atom stereocenters. The van der Waals surface area contributed by atoms with Crippen molar-refractivity contribution in [2.24, 2.45) is 0 Å². The Hall–Kier alpha value is -2.08. The second-order valence-corrected chi connectivity index (χ2v) is 6.86. The summed E-state index contributed by atoms with van der Waals surface area (Å²) in [6.45, 7) is 4.63. The van der Waals surface area contributed by atoms with E-state index in [2.05, 4.69) is 28.2 Å². The number of carbonyl (C=O) groups excluding carboxylic acids is 2. The highest BCUT2D eigenvalue weighted by atomic mass is 16.2. The van der Waals surface area contributed by atoms with Crippen LogP contribution >= 0.6 is 0 Å². The largest absolute Gasteiger partial charge is 0.348 e. The number of rotatable bonds is 9. The number of piperidine rings is 1. The zero-order chi connectivity index (χ0) is 18.6. The van der Waals surface area contributed by atoms with Gasteiger partial charge in [-0.05, 0) is 37.9 Å². The molecule has 2 rings (SSSR count). The lowest BCUT2D eigenvalue weighted by Crippen LogP contribution is -2.45. The maximum absolute atomic E-state index is 12.6. The second kappa shape index (κ2) is 11.5. The Morgan fingerprint density at radius 2 is 1.96 bits per heavy atom. The third-order valence-electron chi connectivity index (χ3n) is 4.62. The van der Waals surface area contributed by atoms with E-state index in [0.29, 0.717) is 17.8 Å². The van der Waals surface area contributed by atoms with Gasteiger partial charge in [-0.2, -0.15) is 0 Å². The zero-order valence-corrected chi connectivity index (χ0v) is 15.8. The van der Waals surface area contributed by atoms with Crippen LogP contribution in [0.1, 0.15) is 62.2 Å². The summed E-state index contributed by atoms with van der Waals surface area (Å²) in [6.07, 6.45) is 7.80. The first-order valence-electron chi connectivity index (χ1n) is 9.86. The molecule has 1 saturated heterocycles. The maximum atomic E-state index is 12.6. The van der Waals surface area contributed by atoms with Crippen LogP contribution in [-0.4, -0.2) is 37.6 Å². The summed E-state index contributed by atoms with van der Waals surface area (Å²) in [5.74, 6) is -0.144. The van der Waals surface area contributed by atoms with Crippen LogP contribution in [0.2, 0.25) is 0 Å². The van der Waals surface area contributed by atoms with Gasteiger partial charge in [0.25, 0.3) is 5.91 Å². The normalized spacial score (nSPS) is 16.7. The first-order valence-corrected chi connectivity index (χ1v) is 9.86. The van der Waals surface area contributed by atoms with Crippen LogP contribution in [0.25, 0.3) is 0 Å². The van der Waals surface area contributed by atoms with Crippen molar-refractivity contribution in [3.05, 3.63) is 29.8 Å². The van der Waals surface area contributed by atoms with E-state index in [1.165, 1.54) is 19.3 Å². The van der Waals surface area contributed by atoms with Crippen molar-refractivity contribution in [3.8, 4) is 0 Å². The molecular weight excluding hydrogens is 328 g/mol. The molecule has 0 saturated carbocycles. The summed E-state index contributed by atoms with van der Waals surface area (Å²) >= 11 is 0. The quantitative estimate of drug-likeness (QED) is 0.510. The van der Waals surface area contributed by atoms with Gasteiger partial charge >= 0.3 is 6.03 Å². The first-order chi connectivity index (χ1) is 12.7. The molecule has 0 spiro atoms. The first kappa shape index (κ1) is 20.2. The fraction of sp³-hybridized carbons (Fsp3) is 0.600. The van der Waals surface area contributed by atoms with E-state index in [-0.39, 0.29) is 18.0 Å². The van der Waals surface area contributed by atoms with Crippen molar-refractivity contribution >= 4 is 17.6 Å². The molecule has 1 aromatic carbocycles. The molecule has 1 aliphatic heterocycles. The number of carbonyl (C=O) groups is 2. The Labute approximate surface area is 156 Å². The van der Waals surface area contributed by atoms with Gasteiger partial charge in [0.2, 0.25) is 0 Å². The lowest BCUT2D eigenvalue weighted by atomic mass is 10.1. The summed E-state index contributed by atoms with van der Waals surface area (Å²) in [4.78, 5) is 24.7. The molecular formula is C20H32N4O2. The SMILES string of the molecule is CCCCCCCNC(=O)Nc1ccccc1C(=O)NC1CCCNC1. The third-order valence-corrected chi connectivity index (χ3v) is 4.62. The fourth-order valence-electron chi connectivity index (χ4n) is 3.13. The summed E-state index contributed by atoms with van der Waals surface area (Å²) in [5, 5.41) is 12.0. The standard InChI is InChI=1S/C20H32N4O2/c1-2-3-4-5-8-14-22-20(26)24-18-12-7-6-11-17(18)19(25)23-16-10-9-13-21-15-16/h6-7,11-12,16,21H,2-5,8-10,13-15H2,1H3,(H,23,25)(H2,22,24,26). The van der Waals surface area contributed by atoms with Crippen LogP contribution in [0.4, 0.5) is 10.5 Å². The van der Waals surface area contributed by atoms with E-state index < -0.39 is 0 Å². The predicted molar refractivity (Wildman–Crippen MR) is 106 cm³/mol. The Balaban J connectivity index is 1.81. The number of urea groups is 1. The average Bonchev–Trinajstić information content (AvgIpc) is 2.66. The molecule has 26 heavy (non-hydrogen) atoms. The highest BCUT2D eigenvalue weighted by Gasteiger charge is 2.18. The van der Waals surface area contributed by atoms with Crippen LogP contribution < -0.4 is 21.3 Å². The van der Waals surface area contributed by atoms with Gasteiger partial charge in [0, 0.05) is 19.1 Å². The van der Waals surface area contributed by atoms with Crippen molar-refractivity contribution in [1.82, 2.24) is 16.0 Å². The van der Waals surface area contributed by atoms with E-state index in [0.717, 1.165) is 38.8 Å².